The van der Waals surface area contributed by atoms with E-state index in [1.54, 1.807) is 11.3 Å². The van der Waals surface area contributed by atoms with Crippen LogP contribution in [0.25, 0.3) is 0 Å². The minimum atomic E-state index is 0.457. The largest absolute Gasteiger partial charge is 0.314 e. The Balaban J connectivity index is 1.91. The minimum Gasteiger partial charge on any atom is -0.314 e. The maximum Gasteiger partial charge on any atom is 0.0705 e. The van der Waals surface area contributed by atoms with E-state index in [0.717, 1.165) is 32.6 Å². The van der Waals surface area contributed by atoms with Gasteiger partial charge < -0.3 is 5.32 Å². The first-order valence-electron chi connectivity index (χ1n) is 6.94. The molecule has 2 aromatic rings. The molecule has 3 rings (SSSR count). The summed E-state index contributed by atoms with van der Waals surface area (Å²) in [5.74, 6) is 0. The molecule has 4 heteroatoms. The van der Waals surface area contributed by atoms with Crippen LogP contribution < -0.4 is 5.32 Å². The second-order valence-corrected chi connectivity index (χ2v) is 6.88. The number of thiophene rings is 2. The molecule has 0 saturated carbocycles. The predicted molar refractivity (Wildman–Crippen MR) is 84.3 cm³/mol. The van der Waals surface area contributed by atoms with Gasteiger partial charge in [0.15, 0.2) is 0 Å². The van der Waals surface area contributed by atoms with Crippen molar-refractivity contribution in [2.75, 3.05) is 26.2 Å². The number of piperazine rings is 1. The van der Waals surface area contributed by atoms with Gasteiger partial charge in [-0.15, -0.1) is 11.3 Å². The van der Waals surface area contributed by atoms with Crippen molar-refractivity contribution >= 4 is 22.7 Å². The monoisotopic (exact) mass is 292 g/mol. The van der Waals surface area contributed by atoms with E-state index in [2.05, 4.69) is 46.1 Å². The fourth-order valence-electron chi connectivity index (χ4n) is 2.66. The maximum atomic E-state index is 3.45. The highest BCUT2D eigenvalue weighted by molar-refractivity contribution is 7.12. The smallest absolute Gasteiger partial charge is 0.0705 e. The second kappa shape index (κ2) is 6.18. The highest BCUT2D eigenvalue weighted by atomic mass is 32.1. The number of rotatable bonds is 4. The summed E-state index contributed by atoms with van der Waals surface area (Å²) in [7, 11) is 0. The first kappa shape index (κ1) is 13.3. The van der Waals surface area contributed by atoms with E-state index in [1.807, 2.05) is 11.3 Å². The summed E-state index contributed by atoms with van der Waals surface area (Å²) < 4.78 is 0. The van der Waals surface area contributed by atoms with Crippen molar-refractivity contribution in [1.29, 1.82) is 0 Å². The molecule has 0 radical (unpaired) electrons. The number of nitrogens with one attached hydrogen (secondary N) is 1. The van der Waals surface area contributed by atoms with Crippen LogP contribution in [0.4, 0.5) is 0 Å². The number of hydrogen-bond acceptors (Lipinski definition) is 4. The van der Waals surface area contributed by atoms with Gasteiger partial charge >= 0.3 is 0 Å². The van der Waals surface area contributed by atoms with Gasteiger partial charge in [-0.3, -0.25) is 4.90 Å². The van der Waals surface area contributed by atoms with Gasteiger partial charge in [0.25, 0.3) is 0 Å². The molecule has 102 valence electrons. The molecule has 1 aliphatic rings. The number of aryl methyl sites for hydroxylation is 1. The van der Waals surface area contributed by atoms with Crippen molar-refractivity contribution in [2.24, 2.45) is 0 Å². The molecule has 1 fully saturated rings. The van der Waals surface area contributed by atoms with Crippen LogP contribution >= 0.6 is 22.7 Å². The molecule has 0 aliphatic carbocycles. The third kappa shape index (κ3) is 2.92. The summed E-state index contributed by atoms with van der Waals surface area (Å²) in [6.45, 7) is 6.72. The predicted octanol–water partition coefficient (Wildman–Crippen LogP) is 3.37. The van der Waals surface area contributed by atoms with Gasteiger partial charge in [0.2, 0.25) is 0 Å². The fraction of sp³-hybridized carbons (Fsp3) is 0.467. The van der Waals surface area contributed by atoms with Crippen LogP contribution in [0.5, 0.6) is 0 Å². The Morgan fingerprint density at radius 2 is 2.11 bits per heavy atom. The van der Waals surface area contributed by atoms with E-state index in [-0.39, 0.29) is 0 Å². The molecule has 1 aliphatic heterocycles. The molecular formula is C15H20N2S2. The zero-order valence-electron chi connectivity index (χ0n) is 11.3. The zero-order chi connectivity index (χ0) is 13.1. The lowest BCUT2D eigenvalue weighted by Crippen LogP contribution is -2.45. The average molecular weight is 292 g/mol. The van der Waals surface area contributed by atoms with E-state index < -0.39 is 0 Å². The third-order valence-electron chi connectivity index (χ3n) is 3.68. The lowest BCUT2D eigenvalue weighted by Gasteiger charge is -2.34. The molecule has 19 heavy (non-hydrogen) atoms. The summed E-state index contributed by atoms with van der Waals surface area (Å²) >= 11 is 3.78. The standard InChI is InChI=1S/C15H20N2S2/c1-2-13-3-4-14(19-13)15(12-5-10-18-11-12)17-8-6-16-7-9-17/h3-5,10-11,15-16H,2,6-9H2,1H3. The van der Waals surface area contributed by atoms with Crippen molar-refractivity contribution in [2.45, 2.75) is 19.4 Å². The van der Waals surface area contributed by atoms with Crippen LogP contribution in [0.3, 0.4) is 0 Å². The zero-order valence-corrected chi connectivity index (χ0v) is 12.9. The van der Waals surface area contributed by atoms with Gasteiger partial charge in [0.05, 0.1) is 6.04 Å². The van der Waals surface area contributed by atoms with Crippen LogP contribution in [0.2, 0.25) is 0 Å². The molecule has 2 aromatic heterocycles. The van der Waals surface area contributed by atoms with Crippen molar-refractivity contribution < 1.29 is 0 Å². The highest BCUT2D eigenvalue weighted by Crippen LogP contribution is 2.34. The lowest BCUT2D eigenvalue weighted by atomic mass is 10.1. The van der Waals surface area contributed by atoms with Crippen molar-refractivity contribution in [3.05, 3.63) is 44.3 Å². The molecule has 2 nitrogen and oxygen atoms in total. The van der Waals surface area contributed by atoms with Crippen molar-refractivity contribution in [3.63, 3.8) is 0 Å². The molecule has 1 unspecified atom stereocenters. The first-order valence-corrected chi connectivity index (χ1v) is 8.70. The summed E-state index contributed by atoms with van der Waals surface area (Å²) in [4.78, 5) is 5.60. The van der Waals surface area contributed by atoms with Crippen molar-refractivity contribution in [1.82, 2.24) is 10.2 Å². The molecule has 0 spiro atoms. The van der Waals surface area contributed by atoms with Crippen LogP contribution in [0.15, 0.2) is 29.0 Å². The quantitative estimate of drug-likeness (QED) is 0.929. The summed E-state index contributed by atoms with van der Waals surface area (Å²) in [5, 5.41) is 7.94. The Kier molecular flexibility index (Phi) is 4.33. The molecule has 1 atom stereocenters. The normalized spacial score (nSPS) is 18.6. The molecule has 1 saturated heterocycles. The Morgan fingerprint density at radius 3 is 2.74 bits per heavy atom. The first-order chi connectivity index (χ1) is 9.38. The summed E-state index contributed by atoms with van der Waals surface area (Å²) in [6, 6.07) is 7.36. The van der Waals surface area contributed by atoms with Gasteiger partial charge in [-0.25, -0.2) is 0 Å². The van der Waals surface area contributed by atoms with E-state index in [9.17, 15) is 0 Å². The minimum absolute atomic E-state index is 0.457. The third-order valence-corrected chi connectivity index (χ3v) is 5.66. The SMILES string of the molecule is CCc1ccc(C(c2ccsc2)N2CCNCC2)s1. The Hall–Kier alpha value is -0.680. The van der Waals surface area contributed by atoms with Gasteiger partial charge in [-0.05, 0) is 40.9 Å². The van der Waals surface area contributed by atoms with Crippen LogP contribution in [-0.4, -0.2) is 31.1 Å². The lowest BCUT2D eigenvalue weighted by molar-refractivity contribution is 0.201. The Labute approximate surface area is 123 Å². The van der Waals surface area contributed by atoms with Crippen molar-refractivity contribution in [3.8, 4) is 0 Å². The van der Waals surface area contributed by atoms with Gasteiger partial charge in [0, 0.05) is 35.9 Å². The van der Waals surface area contributed by atoms with Gasteiger partial charge in [0.1, 0.15) is 0 Å². The fourth-order valence-corrected chi connectivity index (χ4v) is 4.45. The van der Waals surface area contributed by atoms with Crippen LogP contribution in [-0.2, 0) is 6.42 Å². The summed E-state index contributed by atoms with van der Waals surface area (Å²) in [5.41, 5.74) is 1.46. The molecule has 0 bridgehead atoms. The topological polar surface area (TPSA) is 15.3 Å². The van der Waals surface area contributed by atoms with Crippen LogP contribution in [0, 0.1) is 0 Å². The molecule has 0 amide bonds. The Bertz CT molecular complexity index is 498. The molecular weight excluding hydrogens is 272 g/mol. The van der Waals surface area contributed by atoms with Gasteiger partial charge in [-0.2, -0.15) is 11.3 Å². The second-order valence-electron chi connectivity index (χ2n) is 4.90. The number of nitrogens with zero attached hydrogens (tertiary/aromatic N) is 1. The highest BCUT2D eigenvalue weighted by Gasteiger charge is 2.25. The number of hydrogen-bond donors (Lipinski definition) is 1. The van der Waals surface area contributed by atoms with E-state index >= 15 is 0 Å². The molecule has 3 heterocycles. The van der Waals surface area contributed by atoms with E-state index in [0.29, 0.717) is 6.04 Å². The molecule has 1 N–H and O–H groups in total. The van der Waals surface area contributed by atoms with Gasteiger partial charge in [-0.1, -0.05) is 6.92 Å². The summed E-state index contributed by atoms with van der Waals surface area (Å²) in [6.07, 6.45) is 1.14. The Morgan fingerprint density at radius 1 is 1.26 bits per heavy atom. The van der Waals surface area contributed by atoms with E-state index in [1.165, 1.54) is 15.3 Å². The molecule has 0 aromatic carbocycles. The average Bonchev–Trinajstić information content (AvgIpc) is 3.12. The maximum absolute atomic E-state index is 3.45. The van der Waals surface area contributed by atoms with E-state index in [4.69, 9.17) is 0 Å². The van der Waals surface area contributed by atoms with Crippen LogP contribution in [0.1, 0.15) is 28.3 Å².